The number of nitrogens with zero attached hydrogens (tertiary/aromatic N) is 2. The summed E-state index contributed by atoms with van der Waals surface area (Å²) in [4.78, 5) is 8.41. The van der Waals surface area contributed by atoms with Crippen LogP contribution in [0.4, 0.5) is 11.5 Å². The van der Waals surface area contributed by atoms with E-state index in [1.54, 1.807) is 12.1 Å². The van der Waals surface area contributed by atoms with Crippen molar-refractivity contribution in [2.45, 2.75) is 4.90 Å². The Hall–Kier alpha value is -2.51. The number of para-hydroxylation sites is 1. The number of nitrogens with two attached hydrogens (primary N) is 1. The van der Waals surface area contributed by atoms with Crippen molar-refractivity contribution in [2.75, 3.05) is 5.32 Å². The molecule has 0 aliphatic heterocycles. The van der Waals surface area contributed by atoms with Gasteiger partial charge in [-0.1, -0.05) is 18.2 Å². The Balaban J connectivity index is 2.03. The molecule has 0 atom stereocenters. The van der Waals surface area contributed by atoms with Crippen LogP contribution in [0.2, 0.25) is 0 Å². The molecule has 0 amide bonds. The standard InChI is InChI=1S/C14H12N4O2S/c15-21(19,20)11-5-3-4-10(8-11)18-14-12-6-1-2-7-13(12)16-9-17-14/h1-9H,(H2,15,19,20)(H,16,17,18). The fourth-order valence-electron chi connectivity index (χ4n) is 1.99. The van der Waals surface area contributed by atoms with Gasteiger partial charge in [0.25, 0.3) is 0 Å². The van der Waals surface area contributed by atoms with Gasteiger partial charge in [0, 0.05) is 11.1 Å². The summed E-state index contributed by atoms with van der Waals surface area (Å²) in [7, 11) is -3.73. The lowest BCUT2D eigenvalue weighted by atomic mass is 10.2. The van der Waals surface area contributed by atoms with Gasteiger partial charge in [0.05, 0.1) is 10.4 Å². The lowest BCUT2D eigenvalue weighted by molar-refractivity contribution is 0.598. The van der Waals surface area contributed by atoms with E-state index in [1.165, 1.54) is 18.5 Å². The highest BCUT2D eigenvalue weighted by atomic mass is 32.2. The molecule has 3 N–H and O–H groups in total. The first kappa shape index (κ1) is 13.5. The molecule has 0 bridgehead atoms. The van der Waals surface area contributed by atoms with E-state index < -0.39 is 10.0 Å². The van der Waals surface area contributed by atoms with Gasteiger partial charge in [0.2, 0.25) is 10.0 Å². The van der Waals surface area contributed by atoms with E-state index in [4.69, 9.17) is 5.14 Å². The highest BCUT2D eigenvalue weighted by Gasteiger charge is 2.09. The number of rotatable bonds is 3. The van der Waals surface area contributed by atoms with Crippen LogP contribution in [0.25, 0.3) is 10.9 Å². The zero-order valence-electron chi connectivity index (χ0n) is 10.9. The molecule has 0 fully saturated rings. The Morgan fingerprint density at radius 3 is 2.62 bits per heavy atom. The molecule has 0 aliphatic rings. The second-order valence-electron chi connectivity index (χ2n) is 4.44. The van der Waals surface area contributed by atoms with Gasteiger partial charge in [-0.2, -0.15) is 0 Å². The highest BCUT2D eigenvalue weighted by molar-refractivity contribution is 7.89. The Morgan fingerprint density at radius 2 is 1.81 bits per heavy atom. The Morgan fingerprint density at radius 1 is 1.00 bits per heavy atom. The number of primary sulfonamides is 1. The molecule has 106 valence electrons. The Kier molecular flexibility index (Phi) is 3.28. The molecule has 0 saturated carbocycles. The summed E-state index contributed by atoms with van der Waals surface area (Å²) in [6, 6.07) is 13.8. The molecule has 0 radical (unpaired) electrons. The maximum atomic E-state index is 11.4. The van der Waals surface area contributed by atoms with E-state index in [1.807, 2.05) is 24.3 Å². The second kappa shape index (κ2) is 5.12. The third kappa shape index (κ3) is 2.83. The van der Waals surface area contributed by atoms with Crippen LogP contribution < -0.4 is 10.5 Å². The number of sulfonamides is 1. The van der Waals surface area contributed by atoms with Gasteiger partial charge in [0.15, 0.2) is 0 Å². The van der Waals surface area contributed by atoms with E-state index in [0.29, 0.717) is 11.5 Å². The predicted octanol–water partition coefficient (Wildman–Crippen LogP) is 2.02. The lowest BCUT2D eigenvalue weighted by Crippen LogP contribution is -2.12. The van der Waals surface area contributed by atoms with Crippen molar-refractivity contribution in [3.05, 3.63) is 54.9 Å². The van der Waals surface area contributed by atoms with E-state index >= 15 is 0 Å². The maximum absolute atomic E-state index is 11.4. The van der Waals surface area contributed by atoms with Gasteiger partial charge in [-0.3, -0.25) is 0 Å². The van der Waals surface area contributed by atoms with Gasteiger partial charge >= 0.3 is 0 Å². The van der Waals surface area contributed by atoms with Crippen molar-refractivity contribution in [1.29, 1.82) is 0 Å². The van der Waals surface area contributed by atoms with Gasteiger partial charge in [0.1, 0.15) is 12.1 Å². The Bertz CT molecular complexity index is 904. The van der Waals surface area contributed by atoms with Crippen molar-refractivity contribution in [3.8, 4) is 0 Å². The molecular formula is C14H12N4O2S. The minimum atomic E-state index is -3.73. The van der Waals surface area contributed by atoms with Gasteiger partial charge in [-0.05, 0) is 30.3 Å². The molecule has 7 heteroatoms. The number of benzene rings is 2. The predicted molar refractivity (Wildman–Crippen MR) is 80.6 cm³/mol. The summed E-state index contributed by atoms with van der Waals surface area (Å²) in [5.41, 5.74) is 1.39. The van der Waals surface area contributed by atoms with E-state index in [0.717, 1.165) is 10.9 Å². The molecule has 6 nitrogen and oxygen atoms in total. The van der Waals surface area contributed by atoms with Gasteiger partial charge in [-0.25, -0.2) is 23.5 Å². The largest absolute Gasteiger partial charge is 0.340 e. The van der Waals surface area contributed by atoms with Crippen LogP contribution in [0.1, 0.15) is 0 Å². The molecule has 3 rings (SSSR count). The number of hydrogen-bond acceptors (Lipinski definition) is 5. The molecule has 1 heterocycles. The van der Waals surface area contributed by atoms with Crippen LogP contribution in [-0.2, 0) is 10.0 Å². The number of aromatic nitrogens is 2. The monoisotopic (exact) mass is 300 g/mol. The fourth-order valence-corrected chi connectivity index (χ4v) is 2.55. The lowest BCUT2D eigenvalue weighted by Gasteiger charge is -2.09. The van der Waals surface area contributed by atoms with E-state index in [9.17, 15) is 8.42 Å². The van der Waals surface area contributed by atoms with Crippen LogP contribution in [-0.4, -0.2) is 18.4 Å². The van der Waals surface area contributed by atoms with E-state index in [-0.39, 0.29) is 4.90 Å². The first-order valence-electron chi connectivity index (χ1n) is 6.14. The zero-order chi connectivity index (χ0) is 14.9. The number of hydrogen-bond donors (Lipinski definition) is 2. The van der Waals surface area contributed by atoms with Crippen LogP contribution in [0.5, 0.6) is 0 Å². The number of anilines is 2. The minimum absolute atomic E-state index is 0.0471. The third-order valence-electron chi connectivity index (χ3n) is 2.97. The molecule has 2 aromatic carbocycles. The molecule has 3 aromatic rings. The summed E-state index contributed by atoms with van der Waals surface area (Å²) in [6.45, 7) is 0. The van der Waals surface area contributed by atoms with Crippen LogP contribution >= 0.6 is 0 Å². The summed E-state index contributed by atoms with van der Waals surface area (Å²) in [6.07, 6.45) is 1.45. The third-order valence-corrected chi connectivity index (χ3v) is 3.88. The molecule has 0 unspecified atom stereocenters. The summed E-state index contributed by atoms with van der Waals surface area (Å²) < 4.78 is 22.7. The SMILES string of the molecule is NS(=O)(=O)c1cccc(Nc2ncnc3ccccc23)c1. The van der Waals surface area contributed by atoms with Crippen LogP contribution in [0.3, 0.4) is 0 Å². The topological polar surface area (TPSA) is 98.0 Å². The zero-order valence-corrected chi connectivity index (χ0v) is 11.7. The van der Waals surface area contributed by atoms with Gasteiger partial charge < -0.3 is 5.32 Å². The molecule has 21 heavy (non-hydrogen) atoms. The first-order valence-corrected chi connectivity index (χ1v) is 7.68. The van der Waals surface area contributed by atoms with Crippen molar-refractivity contribution in [3.63, 3.8) is 0 Å². The van der Waals surface area contributed by atoms with Crippen molar-refractivity contribution < 1.29 is 8.42 Å². The molecular weight excluding hydrogens is 288 g/mol. The number of nitrogens with one attached hydrogen (secondary N) is 1. The minimum Gasteiger partial charge on any atom is -0.340 e. The summed E-state index contributed by atoms with van der Waals surface area (Å²) in [5.74, 6) is 0.604. The van der Waals surface area contributed by atoms with Crippen molar-refractivity contribution in [2.24, 2.45) is 5.14 Å². The Labute approximate surface area is 121 Å². The molecule has 0 spiro atoms. The first-order chi connectivity index (χ1) is 10.0. The highest BCUT2D eigenvalue weighted by Crippen LogP contribution is 2.23. The van der Waals surface area contributed by atoms with Crippen molar-refractivity contribution >= 4 is 32.4 Å². The normalized spacial score (nSPS) is 11.5. The van der Waals surface area contributed by atoms with Gasteiger partial charge in [-0.15, -0.1) is 0 Å². The van der Waals surface area contributed by atoms with E-state index in [2.05, 4.69) is 15.3 Å². The van der Waals surface area contributed by atoms with Crippen LogP contribution in [0.15, 0.2) is 59.8 Å². The van der Waals surface area contributed by atoms with Crippen LogP contribution in [0, 0.1) is 0 Å². The molecule has 0 saturated heterocycles. The molecule has 1 aromatic heterocycles. The average molecular weight is 300 g/mol. The smallest absolute Gasteiger partial charge is 0.238 e. The maximum Gasteiger partial charge on any atom is 0.238 e. The molecule has 0 aliphatic carbocycles. The second-order valence-corrected chi connectivity index (χ2v) is 6.00. The summed E-state index contributed by atoms with van der Waals surface area (Å²) >= 11 is 0. The summed E-state index contributed by atoms with van der Waals surface area (Å²) in [5, 5.41) is 9.06. The average Bonchev–Trinajstić information content (AvgIpc) is 2.47. The van der Waals surface area contributed by atoms with Crippen molar-refractivity contribution in [1.82, 2.24) is 9.97 Å². The number of fused-ring (bicyclic) bond motifs is 1. The quantitative estimate of drug-likeness (QED) is 0.771. The fraction of sp³-hybridized carbons (Fsp3) is 0.